The molecule has 4 aromatic rings. The highest BCUT2D eigenvalue weighted by atomic mass is 16.5. The van der Waals surface area contributed by atoms with E-state index in [4.69, 9.17) is 15.2 Å². The number of benzene rings is 3. The Balaban J connectivity index is 1.28. The van der Waals surface area contributed by atoms with Crippen molar-refractivity contribution in [1.82, 2.24) is 9.55 Å². The number of aryl methyl sites for hydroxylation is 1. The molecule has 0 saturated carbocycles. The lowest BCUT2D eigenvalue weighted by molar-refractivity contribution is 0.305. The Morgan fingerprint density at radius 3 is 2.45 bits per heavy atom. The van der Waals surface area contributed by atoms with Crippen LogP contribution in [0.4, 0.5) is 0 Å². The first kappa shape index (κ1) is 21.0. The third-order valence-electron chi connectivity index (χ3n) is 5.72. The van der Waals surface area contributed by atoms with Crippen molar-refractivity contribution >= 4 is 22.6 Å². The molecular formula is C27H25N3O3. The lowest BCUT2D eigenvalue weighted by atomic mass is 10.1. The fraction of sp³-hybridized carbons (Fsp3) is 0.185. The van der Waals surface area contributed by atoms with Crippen LogP contribution in [0.15, 0.2) is 77.6 Å². The number of aromatic nitrogens is 2. The number of nitrogens with zero attached hydrogens (tertiary/aromatic N) is 2. The number of nitrogens with two attached hydrogens (primary N) is 1. The Bertz CT molecular complexity index is 1360. The summed E-state index contributed by atoms with van der Waals surface area (Å²) in [6.45, 7) is 2.31. The molecule has 1 aliphatic rings. The van der Waals surface area contributed by atoms with Crippen LogP contribution in [0.2, 0.25) is 0 Å². The third kappa shape index (κ3) is 4.52. The van der Waals surface area contributed by atoms with Crippen molar-refractivity contribution in [3.05, 3.63) is 100 Å². The van der Waals surface area contributed by atoms with Gasteiger partial charge in [0.05, 0.1) is 10.9 Å². The molecule has 166 valence electrons. The molecule has 5 rings (SSSR count). The summed E-state index contributed by atoms with van der Waals surface area (Å²) in [6.07, 6.45) is 2.95. The highest BCUT2D eigenvalue weighted by molar-refractivity contribution is 5.85. The number of fused-ring (bicyclic) bond motifs is 3. The second-order valence-electron chi connectivity index (χ2n) is 7.97. The fourth-order valence-corrected chi connectivity index (χ4v) is 4.06. The third-order valence-corrected chi connectivity index (χ3v) is 5.72. The number of hydrogen-bond donors (Lipinski definition) is 1. The maximum Gasteiger partial charge on any atom is 0.281 e. The van der Waals surface area contributed by atoms with Crippen LogP contribution in [0.3, 0.4) is 0 Å². The summed E-state index contributed by atoms with van der Waals surface area (Å²) >= 11 is 0. The second-order valence-corrected chi connectivity index (χ2v) is 7.97. The molecule has 0 unspecified atom stereocenters. The van der Waals surface area contributed by atoms with E-state index in [2.05, 4.69) is 15.6 Å². The monoisotopic (exact) mass is 439 g/mol. The topological polar surface area (TPSA) is 79.4 Å². The molecule has 2 heterocycles. The van der Waals surface area contributed by atoms with Crippen molar-refractivity contribution in [2.45, 2.75) is 19.6 Å². The van der Waals surface area contributed by atoms with Crippen LogP contribution in [0, 0.1) is 0 Å². The molecule has 0 amide bonds. The predicted octanol–water partition coefficient (Wildman–Crippen LogP) is 4.26. The van der Waals surface area contributed by atoms with Crippen molar-refractivity contribution < 1.29 is 9.47 Å². The number of ether oxygens (including phenoxy) is 2. The van der Waals surface area contributed by atoms with Gasteiger partial charge in [0, 0.05) is 13.1 Å². The normalized spacial score (nSPS) is 13.9. The van der Waals surface area contributed by atoms with Gasteiger partial charge in [-0.05, 0) is 65.6 Å². The minimum absolute atomic E-state index is 0.174. The van der Waals surface area contributed by atoms with E-state index in [1.165, 1.54) is 0 Å². The van der Waals surface area contributed by atoms with Gasteiger partial charge in [-0.25, -0.2) is 0 Å². The standard InChI is InChI=1S/C27H25N3O3/c28-14-16-32-22-11-7-20(8-12-22)18-33-23-9-5-19(6-10-23)17-21-13-15-30-25-4-2-1-3-24(25)27(31)29-26(21)30/h1-12,17H,13-16,18,28H2/b21-17+. The van der Waals surface area contributed by atoms with Crippen molar-refractivity contribution in [2.75, 3.05) is 13.2 Å². The number of para-hydroxylation sites is 1. The average Bonchev–Trinajstić information content (AvgIpc) is 3.25. The Morgan fingerprint density at radius 2 is 1.67 bits per heavy atom. The molecule has 2 N–H and O–H groups in total. The van der Waals surface area contributed by atoms with E-state index >= 15 is 0 Å². The van der Waals surface area contributed by atoms with Crippen molar-refractivity contribution in [3.63, 3.8) is 0 Å². The molecule has 1 aromatic heterocycles. The first-order chi connectivity index (χ1) is 16.2. The van der Waals surface area contributed by atoms with E-state index in [0.717, 1.165) is 52.5 Å². The van der Waals surface area contributed by atoms with Gasteiger partial charge in [-0.3, -0.25) is 4.79 Å². The van der Waals surface area contributed by atoms with E-state index in [-0.39, 0.29) is 5.56 Å². The molecule has 6 nitrogen and oxygen atoms in total. The summed E-state index contributed by atoms with van der Waals surface area (Å²) < 4.78 is 13.5. The molecule has 6 heteroatoms. The highest BCUT2D eigenvalue weighted by Crippen LogP contribution is 2.30. The summed E-state index contributed by atoms with van der Waals surface area (Å²) in [5.41, 5.74) is 9.41. The quantitative estimate of drug-likeness (QED) is 0.466. The van der Waals surface area contributed by atoms with Gasteiger partial charge < -0.3 is 19.8 Å². The summed E-state index contributed by atoms with van der Waals surface area (Å²) in [5, 5.41) is 0.668. The maximum absolute atomic E-state index is 12.5. The zero-order chi connectivity index (χ0) is 22.6. The van der Waals surface area contributed by atoms with E-state index < -0.39 is 0 Å². The fourth-order valence-electron chi connectivity index (χ4n) is 4.06. The van der Waals surface area contributed by atoms with Crippen molar-refractivity contribution in [3.8, 4) is 11.5 Å². The number of hydrogen-bond acceptors (Lipinski definition) is 5. The van der Waals surface area contributed by atoms with Gasteiger partial charge >= 0.3 is 0 Å². The van der Waals surface area contributed by atoms with E-state index in [1.807, 2.05) is 72.8 Å². The summed E-state index contributed by atoms with van der Waals surface area (Å²) in [6, 6.07) is 23.4. The lowest BCUT2D eigenvalue weighted by Crippen LogP contribution is -2.14. The average molecular weight is 440 g/mol. The van der Waals surface area contributed by atoms with Gasteiger partial charge in [-0.1, -0.05) is 36.4 Å². The largest absolute Gasteiger partial charge is 0.492 e. The molecular weight excluding hydrogens is 414 g/mol. The minimum atomic E-state index is -0.174. The van der Waals surface area contributed by atoms with Crippen molar-refractivity contribution in [1.29, 1.82) is 0 Å². The van der Waals surface area contributed by atoms with Gasteiger partial charge in [-0.2, -0.15) is 4.98 Å². The Labute approximate surface area is 191 Å². The molecule has 0 fully saturated rings. The molecule has 0 saturated heterocycles. The molecule has 0 aliphatic carbocycles. The van der Waals surface area contributed by atoms with E-state index in [1.54, 1.807) is 0 Å². The Morgan fingerprint density at radius 1 is 0.939 bits per heavy atom. The van der Waals surface area contributed by atoms with Gasteiger partial charge in [0.25, 0.3) is 5.56 Å². The van der Waals surface area contributed by atoms with E-state index in [0.29, 0.717) is 25.1 Å². The Kier molecular flexibility index (Phi) is 5.91. The van der Waals surface area contributed by atoms with Gasteiger partial charge in [-0.15, -0.1) is 0 Å². The van der Waals surface area contributed by atoms with Crippen LogP contribution in [0.25, 0.3) is 22.6 Å². The molecule has 0 bridgehead atoms. The van der Waals surface area contributed by atoms with Crippen LogP contribution < -0.4 is 20.8 Å². The SMILES string of the molecule is NCCOc1ccc(COc2ccc(/C=C3\CCn4c3nc(=O)c3ccccc34)cc2)cc1. The van der Waals surface area contributed by atoms with Gasteiger partial charge in [0.15, 0.2) is 0 Å². The minimum Gasteiger partial charge on any atom is -0.492 e. The van der Waals surface area contributed by atoms with Crippen LogP contribution in [-0.4, -0.2) is 22.7 Å². The van der Waals surface area contributed by atoms with Gasteiger partial charge in [0.2, 0.25) is 0 Å². The van der Waals surface area contributed by atoms with Crippen LogP contribution in [0.5, 0.6) is 11.5 Å². The molecule has 0 spiro atoms. The Hall–Kier alpha value is -3.90. The molecule has 0 radical (unpaired) electrons. The zero-order valence-corrected chi connectivity index (χ0v) is 18.2. The molecule has 33 heavy (non-hydrogen) atoms. The zero-order valence-electron chi connectivity index (χ0n) is 18.2. The van der Waals surface area contributed by atoms with E-state index in [9.17, 15) is 4.79 Å². The first-order valence-electron chi connectivity index (χ1n) is 11.1. The summed E-state index contributed by atoms with van der Waals surface area (Å²) in [7, 11) is 0. The highest BCUT2D eigenvalue weighted by Gasteiger charge is 2.20. The maximum atomic E-state index is 12.5. The van der Waals surface area contributed by atoms with Crippen LogP contribution >= 0.6 is 0 Å². The lowest BCUT2D eigenvalue weighted by Gasteiger charge is -2.09. The molecule has 0 atom stereocenters. The molecule has 3 aromatic carbocycles. The predicted molar refractivity (Wildman–Crippen MR) is 130 cm³/mol. The number of allylic oxidation sites excluding steroid dienone is 1. The van der Waals surface area contributed by atoms with Gasteiger partial charge in [0.1, 0.15) is 30.5 Å². The molecule has 1 aliphatic heterocycles. The summed E-state index contributed by atoms with van der Waals surface area (Å²) in [4.78, 5) is 16.8. The smallest absolute Gasteiger partial charge is 0.281 e. The van der Waals surface area contributed by atoms with Crippen LogP contribution in [0.1, 0.15) is 23.4 Å². The number of rotatable bonds is 7. The first-order valence-corrected chi connectivity index (χ1v) is 11.1. The van der Waals surface area contributed by atoms with Crippen LogP contribution in [-0.2, 0) is 13.2 Å². The van der Waals surface area contributed by atoms with Crippen molar-refractivity contribution in [2.24, 2.45) is 5.73 Å². The summed E-state index contributed by atoms with van der Waals surface area (Å²) in [5.74, 6) is 2.37. The second kappa shape index (κ2) is 9.30.